The average Bonchev–Trinajstić information content (AvgIpc) is 2.91. The highest BCUT2D eigenvalue weighted by Gasteiger charge is 2.20. The Hall–Kier alpha value is -2.19. The molecule has 1 fully saturated rings. The van der Waals surface area contributed by atoms with Crippen LogP contribution in [0.5, 0.6) is 0 Å². The predicted octanol–water partition coefficient (Wildman–Crippen LogP) is 2.56. The smallest absolute Gasteiger partial charge is 0.316 e. The summed E-state index contributed by atoms with van der Waals surface area (Å²) in [5.74, 6) is -0.545. The SMILES string of the molecule is CC(C)O.O=C(CNc1nnc(-c2ccc(Cl)cc2F)o1)N1CCC1. The fourth-order valence-corrected chi connectivity index (χ4v) is 2.05. The molecule has 0 saturated carbocycles. The number of nitrogens with one attached hydrogen (secondary N) is 1. The molecule has 2 N–H and O–H groups in total. The van der Waals surface area contributed by atoms with Crippen molar-refractivity contribution in [3.8, 4) is 11.5 Å². The minimum atomic E-state index is -0.547. The van der Waals surface area contributed by atoms with Gasteiger partial charge in [-0.15, -0.1) is 5.10 Å². The van der Waals surface area contributed by atoms with E-state index in [1.807, 2.05) is 0 Å². The number of likely N-dealkylation sites (tertiary alicyclic amines) is 1. The highest BCUT2D eigenvalue weighted by molar-refractivity contribution is 6.30. The van der Waals surface area contributed by atoms with Crippen LogP contribution in [0.25, 0.3) is 11.5 Å². The molecule has 1 saturated heterocycles. The summed E-state index contributed by atoms with van der Waals surface area (Å²) in [6.45, 7) is 5.09. The van der Waals surface area contributed by atoms with Crippen LogP contribution in [0.3, 0.4) is 0 Å². The van der Waals surface area contributed by atoms with Crippen molar-refractivity contribution < 1.29 is 18.7 Å². The molecule has 2 aromatic rings. The molecular weight excluding hydrogens is 351 g/mol. The summed E-state index contributed by atoms with van der Waals surface area (Å²) in [6, 6.07) is 4.24. The van der Waals surface area contributed by atoms with Crippen LogP contribution < -0.4 is 5.32 Å². The van der Waals surface area contributed by atoms with Gasteiger partial charge < -0.3 is 19.7 Å². The number of amides is 1. The lowest BCUT2D eigenvalue weighted by molar-refractivity contribution is -0.132. The number of hydrogen-bond donors (Lipinski definition) is 2. The lowest BCUT2D eigenvalue weighted by Crippen LogP contribution is -2.44. The van der Waals surface area contributed by atoms with Crippen LogP contribution in [0.15, 0.2) is 22.6 Å². The fourth-order valence-electron chi connectivity index (χ4n) is 1.90. The van der Waals surface area contributed by atoms with Gasteiger partial charge >= 0.3 is 6.01 Å². The average molecular weight is 371 g/mol. The van der Waals surface area contributed by atoms with E-state index in [9.17, 15) is 9.18 Å². The molecule has 136 valence electrons. The normalized spacial score (nSPS) is 13.1. The molecule has 9 heteroatoms. The monoisotopic (exact) mass is 370 g/mol. The Morgan fingerprint density at radius 2 is 2.12 bits per heavy atom. The number of carbonyl (C=O) groups excluding carboxylic acids is 1. The summed E-state index contributed by atoms with van der Waals surface area (Å²) in [6.07, 6.45) is 0.867. The van der Waals surface area contributed by atoms with E-state index in [1.54, 1.807) is 18.7 Å². The van der Waals surface area contributed by atoms with Gasteiger partial charge in [-0.05, 0) is 38.5 Å². The molecule has 1 aliphatic heterocycles. The number of halogens is 2. The molecule has 0 bridgehead atoms. The number of rotatable bonds is 4. The molecule has 0 spiro atoms. The highest BCUT2D eigenvalue weighted by Crippen LogP contribution is 2.25. The molecule has 1 amide bonds. The quantitative estimate of drug-likeness (QED) is 0.859. The summed E-state index contributed by atoms with van der Waals surface area (Å²) in [4.78, 5) is 13.4. The maximum absolute atomic E-state index is 13.7. The summed E-state index contributed by atoms with van der Waals surface area (Å²) in [5.41, 5.74) is 0.161. The fraction of sp³-hybridized carbons (Fsp3) is 0.438. The van der Waals surface area contributed by atoms with Crippen molar-refractivity contribution >= 4 is 23.5 Å². The van der Waals surface area contributed by atoms with Crippen molar-refractivity contribution in [3.05, 3.63) is 29.0 Å². The third-order valence-corrected chi connectivity index (χ3v) is 3.42. The molecule has 25 heavy (non-hydrogen) atoms. The first-order valence-electron chi connectivity index (χ1n) is 7.85. The van der Waals surface area contributed by atoms with E-state index < -0.39 is 5.82 Å². The second kappa shape index (κ2) is 8.77. The highest BCUT2D eigenvalue weighted by atomic mass is 35.5. The van der Waals surface area contributed by atoms with Crippen molar-refractivity contribution in [2.45, 2.75) is 26.4 Å². The van der Waals surface area contributed by atoms with Crippen LogP contribution in [0.2, 0.25) is 5.02 Å². The maximum Gasteiger partial charge on any atom is 0.316 e. The molecule has 3 rings (SSSR count). The molecule has 1 aromatic carbocycles. The van der Waals surface area contributed by atoms with Crippen LogP contribution in [0.4, 0.5) is 10.4 Å². The van der Waals surface area contributed by atoms with Crippen molar-refractivity contribution in [3.63, 3.8) is 0 Å². The van der Waals surface area contributed by atoms with E-state index in [4.69, 9.17) is 21.1 Å². The second-order valence-corrected chi connectivity index (χ2v) is 6.15. The number of hydrogen-bond acceptors (Lipinski definition) is 6. The largest absolute Gasteiger partial charge is 0.403 e. The van der Waals surface area contributed by atoms with E-state index in [-0.39, 0.29) is 41.0 Å². The number of benzene rings is 1. The van der Waals surface area contributed by atoms with Crippen molar-refractivity contribution in [2.75, 3.05) is 25.0 Å². The standard InChI is InChI=1S/C13H12ClFN4O2.C3H8O/c14-8-2-3-9(10(15)6-8)12-17-18-13(21-12)16-7-11(20)19-4-1-5-19;1-3(2)4/h2-3,6H,1,4-5,7H2,(H,16,18);3-4H,1-2H3. The number of carbonyl (C=O) groups is 1. The Morgan fingerprint density at radius 1 is 1.44 bits per heavy atom. The van der Waals surface area contributed by atoms with E-state index in [1.165, 1.54) is 18.2 Å². The number of nitrogens with zero attached hydrogens (tertiary/aromatic N) is 3. The van der Waals surface area contributed by atoms with E-state index >= 15 is 0 Å². The van der Waals surface area contributed by atoms with Gasteiger partial charge in [-0.1, -0.05) is 16.7 Å². The number of anilines is 1. The van der Waals surface area contributed by atoms with Gasteiger partial charge in [0.15, 0.2) is 0 Å². The molecule has 1 aliphatic rings. The summed E-state index contributed by atoms with van der Waals surface area (Å²) in [7, 11) is 0. The van der Waals surface area contributed by atoms with Crippen LogP contribution in [-0.4, -0.2) is 51.8 Å². The van der Waals surface area contributed by atoms with Crippen LogP contribution in [0, 0.1) is 5.82 Å². The Labute approximate surface area is 149 Å². The number of aromatic nitrogens is 2. The number of aliphatic hydroxyl groups is 1. The molecule has 0 aliphatic carbocycles. The molecular formula is C16H20ClFN4O3. The van der Waals surface area contributed by atoms with E-state index in [0.29, 0.717) is 0 Å². The Bertz CT molecular complexity index is 716. The summed E-state index contributed by atoms with van der Waals surface area (Å²) in [5, 5.41) is 18.6. The topological polar surface area (TPSA) is 91.5 Å². The molecule has 2 heterocycles. The Morgan fingerprint density at radius 3 is 2.68 bits per heavy atom. The van der Waals surface area contributed by atoms with Crippen LogP contribution in [0.1, 0.15) is 20.3 Å². The molecule has 0 unspecified atom stereocenters. The van der Waals surface area contributed by atoms with Gasteiger partial charge in [0.1, 0.15) is 5.82 Å². The minimum Gasteiger partial charge on any atom is -0.403 e. The van der Waals surface area contributed by atoms with E-state index in [2.05, 4.69) is 15.5 Å². The Balaban J connectivity index is 0.000000511. The zero-order chi connectivity index (χ0) is 18.4. The van der Waals surface area contributed by atoms with Crippen molar-refractivity contribution in [2.24, 2.45) is 0 Å². The van der Waals surface area contributed by atoms with Gasteiger partial charge in [0.05, 0.1) is 12.1 Å². The zero-order valence-corrected chi connectivity index (χ0v) is 14.8. The molecule has 0 radical (unpaired) electrons. The molecule has 7 nitrogen and oxygen atoms in total. The summed E-state index contributed by atoms with van der Waals surface area (Å²) >= 11 is 5.68. The molecule has 1 aromatic heterocycles. The lowest BCUT2D eigenvalue weighted by atomic mass is 10.2. The summed E-state index contributed by atoms with van der Waals surface area (Å²) < 4.78 is 19.0. The predicted molar refractivity (Wildman–Crippen MR) is 91.7 cm³/mol. The van der Waals surface area contributed by atoms with Gasteiger partial charge in [0, 0.05) is 24.2 Å². The third kappa shape index (κ3) is 5.68. The van der Waals surface area contributed by atoms with Gasteiger partial charge in [-0.25, -0.2) is 4.39 Å². The first-order chi connectivity index (χ1) is 11.9. The Kier molecular flexibility index (Phi) is 6.72. The van der Waals surface area contributed by atoms with Crippen LogP contribution in [-0.2, 0) is 4.79 Å². The van der Waals surface area contributed by atoms with Crippen molar-refractivity contribution in [1.29, 1.82) is 0 Å². The van der Waals surface area contributed by atoms with Crippen LogP contribution >= 0.6 is 11.6 Å². The number of aliphatic hydroxyl groups excluding tert-OH is 1. The third-order valence-electron chi connectivity index (χ3n) is 3.19. The first-order valence-corrected chi connectivity index (χ1v) is 8.23. The van der Waals surface area contributed by atoms with Gasteiger partial charge in [0.25, 0.3) is 5.89 Å². The van der Waals surface area contributed by atoms with Gasteiger partial charge in [-0.3, -0.25) is 4.79 Å². The van der Waals surface area contributed by atoms with E-state index in [0.717, 1.165) is 19.5 Å². The van der Waals surface area contributed by atoms with Gasteiger partial charge in [0.2, 0.25) is 5.91 Å². The lowest BCUT2D eigenvalue weighted by Gasteiger charge is -2.30. The molecule has 0 atom stereocenters. The second-order valence-electron chi connectivity index (χ2n) is 5.72. The van der Waals surface area contributed by atoms with Gasteiger partial charge in [-0.2, -0.15) is 0 Å². The first kappa shape index (κ1) is 19.1. The van der Waals surface area contributed by atoms with Crippen molar-refractivity contribution in [1.82, 2.24) is 15.1 Å². The zero-order valence-electron chi connectivity index (χ0n) is 14.0. The maximum atomic E-state index is 13.7. The minimum absolute atomic E-state index is 0.0290.